The summed E-state index contributed by atoms with van der Waals surface area (Å²) in [4.78, 5) is 26.3. The average molecular weight is 295 g/mol. The summed E-state index contributed by atoms with van der Waals surface area (Å²) in [6, 6.07) is -0.141. The number of carbonyl (C=O) groups excluding carboxylic acids is 2. The largest absolute Gasteiger partial charge is 0.346 e. The summed E-state index contributed by atoms with van der Waals surface area (Å²) >= 11 is 0. The number of fused-ring (bicyclic) bond motifs is 1. The number of nitrogens with zero attached hydrogens (tertiary/aromatic N) is 1. The number of rotatable bonds is 4. The molecule has 0 aromatic rings. The molecule has 0 aromatic heterocycles. The lowest BCUT2D eigenvalue weighted by Crippen LogP contribution is -2.53. The molecule has 5 nitrogen and oxygen atoms in total. The fraction of sp³-hybridized carbons (Fsp3) is 0.875. The van der Waals surface area contributed by atoms with E-state index in [-0.39, 0.29) is 24.3 Å². The van der Waals surface area contributed by atoms with E-state index >= 15 is 0 Å². The summed E-state index contributed by atoms with van der Waals surface area (Å²) in [5.41, 5.74) is 5.79. The second-order valence-corrected chi connectivity index (χ2v) is 6.83. The highest BCUT2D eigenvalue weighted by Crippen LogP contribution is 2.35. The van der Waals surface area contributed by atoms with Crippen LogP contribution in [0.15, 0.2) is 0 Å². The maximum absolute atomic E-state index is 12.4. The Labute approximate surface area is 127 Å². The summed E-state index contributed by atoms with van der Waals surface area (Å²) in [5.74, 6) is 0.578. The molecule has 0 bridgehead atoms. The first kappa shape index (κ1) is 16.3. The van der Waals surface area contributed by atoms with Crippen molar-refractivity contribution < 1.29 is 9.59 Å². The number of amides is 2. The van der Waals surface area contributed by atoms with E-state index in [0.29, 0.717) is 12.0 Å². The highest BCUT2D eigenvalue weighted by Gasteiger charge is 2.35. The van der Waals surface area contributed by atoms with Crippen LogP contribution >= 0.6 is 0 Å². The van der Waals surface area contributed by atoms with E-state index in [9.17, 15) is 9.59 Å². The van der Waals surface area contributed by atoms with E-state index in [4.69, 9.17) is 5.73 Å². The molecule has 1 aliphatic carbocycles. The first-order valence-electron chi connectivity index (χ1n) is 8.33. The zero-order valence-electron chi connectivity index (χ0n) is 13.3. The van der Waals surface area contributed by atoms with Gasteiger partial charge in [0, 0.05) is 12.6 Å². The van der Waals surface area contributed by atoms with Crippen LogP contribution in [0.1, 0.15) is 52.4 Å². The van der Waals surface area contributed by atoms with Crippen LogP contribution in [0.5, 0.6) is 0 Å². The van der Waals surface area contributed by atoms with Crippen molar-refractivity contribution in [2.75, 3.05) is 13.1 Å². The molecule has 1 aliphatic heterocycles. The molecule has 5 heteroatoms. The van der Waals surface area contributed by atoms with Crippen LogP contribution in [0.3, 0.4) is 0 Å². The first-order valence-corrected chi connectivity index (χ1v) is 8.33. The summed E-state index contributed by atoms with van der Waals surface area (Å²) in [6.45, 7) is 4.74. The van der Waals surface area contributed by atoms with Crippen LogP contribution in [-0.4, -0.2) is 41.9 Å². The normalized spacial score (nSPS) is 27.1. The van der Waals surface area contributed by atoms with Crippen molar-refractivity contribution in [2.45, 2.75) is 64.5 Å². The summed E-state index contributed by atoms with van der Waals surface area (Å²) < 4.78 is 0. The Kier molecular flexibility index (Phi) is 5.62. The Balaban J connectivity index is 1.86. The molecule has 2 rings (SSSR count). The van der Waals surface area contributed by atoms with Crippen molar-refractivity contribution in [3.05, 3.63) is 0 Å². The van der Waals surface area contributed by atoms with Gasteiger partial charge in [-0.3, -0.25) is 9.59 Å². The minimum absolute atomic E-state index is 0.0518. The first-order chi connectivity index (χ1) is 10.0. The molecule has 2 aliphatic rings. The molecule has 1 heterocycles. The van der Waals surface area contributed by atoms with Gasteiger partial charge in [0.2, 0.25) is 11.8 Å². The van der Waals surface area contributed by atoms with Crippen molar-refractivity contribution in [1.82, 2.24) is 10.2 Å². The summed E-state index contributed by atoms with van der Waals surface area (Å²) in [6.07, 6.45) is 7.22. The fourth-order valence-electron chi connectivity index (χ4n) is 3.62. The average Bonchev–Trinajstić information content (AvgIpc) is 2.50. The van der Waals surface area contributed by atoms with Crippen LogP contribution < -0.4 is 11.1 Å². The van der Waals surface area contributed by atoms with E-state index < -0.39 is 6.04 Å². The minimum atomic E-state index is -0.540. The summed E-state index contributed by atoms with van der Waals surface area (Å²) in [7, 11) is 0. The number of likely N-dealkylation sites (tertiary alicyclic amines) is 1. The number of piperidine rings is 1. The van der Waals surface area contributed by atoms with Crippen molar-refractivity contribution >= 4 is 11.8 Å². The van der Waals surface area contributed by atoms with E-state index in [1.54, 1.807) is 0 Å². The Morgan fingerprint density at radius 2 is 1.86 bits per heavy atom. The molecule has 0 unspecified atom stereocenters. The predicted molar refractivity (Wildman–Crippen MR) is 82.5 cm³/mol. The standard InChI is InChI=1S/C16H29N3O2/c1-11(2)15(17)16(21)18-10-14(20)19-9-5-7-12-6-3-4-8-13(12)19/h11-13,15H,3-10,17H2,1-2H3,(H,18,21)/t12-,13-,15+/m1/s1. The maximum Gasteiger partial charge on any atom is 0.242 e. The molecule has 1 saturated heterocycles. The lowest BCUT2D eigenvalue weighted by atomic mass is 9.78. The third-order valence-electron chi connectivity index (χ3n) is 5.00. The number of hydrogen-bond acceptors (Lipinski definition) is 3. The Hall–Kier alpha value is -1.10. The molecule has 120 valence electrons. The molecule has 2 fully saturated rings. The van der Waals surface area contributed by atoms with E-state index in [2.05, 4.69) is 5.32 Å². The van der Waals surface area contributed by atoms with Crippen molar-refractivity contribution in [2.24, 2.45) is 17.6 Å². The van der Waals surface area contributed by atoms with Gasteiger partial charge >= 0.3 is 0 Å². The van der Waals surface area contributed by atoms with Crippen molar-refractivity contribution in [3.63, 3.8) is 0 Å². The van der Waals surface area contributed by atoms with Gasteiger partial charge in [0.05, 0.1) is 12.6 Å². The maximum atomic E-state index is 12.4. The summed E-state index contributed by atoms with van der Waals surface area (Å²) in [5, 5.41) is 2.70. The van der Waals surface area contributed by atoms with E-state index in [1.807, 2.05) is 18.7 Å². The third kappa shape index (κ3) is 3.96. The fourth-order valence-corrected chi connectivity index (χ4v) is 3.62. The highest BCUT2D eigenvalue weighted by atomic mass is 16.2. The molecule has 0 radical (unpaired) electrons. The quantitative estimate of drug-likeness (QED) is 0.820. The predicted octanol–water partition coefficient (Wildman–Crippen LogP) is 1.27. The molecule has 3 N–H and O–H groups in total. The minimum Gasteiger partial charge on any atom is -0.346 e. The van der Waals surface area contributed by atoms with Gasteiger partial charge < -0.3 is 16.0 Å². The van der Waals surface area contributed by atoms with Crippen molar-refractivity contribution in [1.29, 1.82) is 0 Å². The highest BCUT2D eigenvalue weighted by molar-refractivity contribution is 5.87. The van der Waals surface area contributed by atoms with E-state index in [1.165, 1.54) is 25.7 Å². The molecule has 0 aromatic carbocycles. The van der Waals surface area contributed by atoms with Crippen LogP contribution in [-0.2, 0) is 9.59 Å². The number of hydrogen-bond donors (Lipinski definition) is 2. The van der Waals surface area contributed by atoms with Gasteiger partial charge in [0.25, 0.3) is 0 Å². The molecule has 3 atom stereocenters. The third-order valence-corrected chi connectivity index (χ3v) is 5.00. The number of nitrogens with one attached hydrogen (secondary N) is 1. The lowest BCUT2D eigenvalue weighted by Gasteiger charge is -2.44. The van der Waals surface area contributed by atoms with Gasteiger partial charge in [0.15, 0.2) is 0 Å². The number of nitrogens with two attached hydrogens (primary N) is 1. The SMILES string of the molecule is CC(C)[C@H](N)C(=O)NCC(=O)N1CCC[C@H]2CCCC[C@H]21. The smallest absolute Gasteiger partial charge is 0.242 e. The number of carbonyl (C=O) groups is 2. The van der Waals surface area contributed by atoms with Gasteiger partial charge in [-0.1, -0.05) is 26.7 Å². The molecular formula is C16H29N3O2. The zero-order chi connectivity index (χ0) is 15.4. The molecule has 2 amide bonds. The van der Waals surface area contributed by atoms with Gasteiger partial charge in [-0.2, -0.15) is 0 Å². The van der Waals surface area contributed by atoms with Crippen LogP contribution in [0.4, 0.5) is 0 Å². The molecular weight excluding hydrogens is 266 g/mol. The second-order valence-electron chi connectivity index (χ2n) is 6.83. The molecule has 21 heavy (non-hydrogen) atoms. The van der Waals surface area contributed by atoms with Crippen LogP contribution in [0.2, 0.25) is 0 Å². The topological polar surface area (TPSA) is 75.4 Å². The van der Waals surface area contributed by atoms with E-state index in [0.717, 1.165) is 19.4 Å². The monoisotopic (exact) mass is 295 g/mol. The lowest BCUT2D eigenvalue weighted by molar-refractivity contribution is -0.138. The van der Waals surface area contributed by atoms with Gasteiger partial charge in [0.1, 0.15) is 0 Å². The van der Waals surface area contributed by atoms with Crippen LogP contribution in [0, 0.1) is 11.8 Å². The second kappa shape index (κ2) is 7.25. The Bertz CT molecular complexity index is 382. The zero-order valence-corrected chi connectivity index (χ0v) is 13.3. The van der Waals surface area contributed by atoms with Crippen LogP contribution in [0.25, 0.3) is 0 Å². The molecule has 0 spiro atoms. The van der Waals surface area contributed by atoms with Gasteiger partial charge in [-0.25, -0.2) is 0 Å². The molecule has 1 saturated carbocycles. The Morgan fingerprint density at radius 3 is 2.57 bits per heavy atom. The van der Waals surface area contributed by atoms with Gasteiger partial charge in [-0.05, 0) is 37.5 Å². The Morgan fingerprint density at radius 1 is 1.19 bits per heavy atom. The van der Waals surface area contributed by atoms with Crippen molar-refractivity contribution in [3.8, 4) is 0 Å². The van der Waals surface area contributed by atoms with Gasteiger partial charge in [-0.15, -0.1) is 0 Å².